The van der Waals surface area contributed by atoms with Crippen LogP contribution >= 0.6 is 11.6 Å². The summed E-state index contributed by atoms with van der Waals surface area (Å²) in [6.07, 6.45) is 1.14. The monoisotopic (exact) mass is 230 g/mol. The lowest BCUT2D eigenvalue weighted by atomic mass is 10.3. The zero-order valence-corrected chi connectivity index (χ0v) is 8.74. The van der Waals surface area contributed by atoms with Crippen LogP contribution in [0.2, 0.25) is 5.15 Å². The van der Waals surface area contributed by atoms with Gasteiger partial charge in [0.1, 0.15) is 5.15 Å². The molecule has 0 radical (unpaired) electrons. The van der Waals surface area contributed by atoms with Crippen molar-refractivity contribution in [2.24, 2.45) is 0 Å². The topological polar surface area (TPSA) is 78.4 Å². The Labute approximate surface area is 90.2 Å². The molecule has 0 aliphatic heterocycles. The molecule has 0 saturated heterocycles. The summed E-state index contributed by atoms with van der Waals surface area (Å²) in [6.45, 7) is 0. The molecule has 1 rings (SSSR count). The molecule has 80 valence electrons. The second-order valence-electron chi connectivity index (χ2n) is 2.37. The van der Waals surface area contributed by atoms with Gasteiger partial charge >= 0.3 is 11.9 Å². The molecule has 0 amide bonds. The first kappa shape index (κ1) is 11.4. The zero-order chi connectivity index (χ0) is 11.4. The predicted molar refractivity (Wildman–Crippen MR) is 49.7 cm³/mol. The molecular formula is C8H7ClN2O4. The second kappa shape index (κ2) is 4.70. The van der Waals surface area contributed by atoms with Gasteiger partial charge in [0, 0.05) is 0 Å². The number of nitrogens with zero attached hydrogens (tertiary/aromatic N) is 2. The van der Waals surface area contributed by atoms with E-state index in [-0.39, 0.29) is 16.5 Å². The molecule has 0 bridgehead atoms. The van der Waals surface area contributed by atoms with Crippen molar-refractivity contribution >= 4 is 23.5 Å². The van der Waals surface area contributed by atoms with Gasteiger partial charge in [0.15, 0.2) is 11.4 Å². The van der Waals surface area contributed by atoms with Crippen molar-refractivity contribution in [1.29, 1.82) is 0 Å². The van der Waals surface area contributed by atoms with Crippen LogP contribution in [-0.4, -0.2) is 36.1 Å². The van der Waals surface area contributed by atoms with Crippen molar-refractivity contribution in [3.63, 3.8) is 0 Å². The maximum absolute atomic E-state index is 11.2. The number of hydrogen-bond donors (Lipinski definition) is 0. The molecule has 7 heteroatoms. The van der Waals surface area contributed by atoms with Gasteiger partial charge in [-0.05, 0) is 0 Å². The predicted octanol–water partition coefficient (Wildman–Crippen LogP) is 0.703. The molecule has 6 nitrogen and oxygen atoms in total. The van der Waals surface area contributed by atoms with Gasteiger partial charge in [-0.3, -0.25) is 0 Å². The van der Waals surface area contributed by atoms with E-state index in [9.17, 15) is 9.59 Å². The van der Waals surface area contributed by atoms with Gasteiger partial charge in [-0.1, -0.05) is 11.6 Å². The lowest BCUT2D eigenvalue weighted by Crippen LogP contribution is -2.15. The average molecular weight is 231 g/mol. The Morgan fingerprint density at radius 1 is 1.20 bits per heavy atom. The molecule has 0 aliphatic rings. The molecule has 0 atom stereocenters. The summed E-state index contributed by atoms with van der Waals surface area (Å²) >= 11 is 5.53. The van der Waals surface area contributed by atoms with Crippen LogP contribution < -0.4 is 0 Å². The van der Waals surface area contributed by atoms with Crippen LogP contribution in [0.3, 0.4) is 0 Å². The number of esters is 2. The smallest absolute Gasteiger partial charge is 0.359 e. The highest BCUT2D eigenvalue weighted by atomic mass is 35.5. The summed E-state index contributed by atoms with van der Waals surface area (Å²) < 4.78 is 8.84. The van der Waals surface area contributed by atoms with Crippen molar-refractivity contribution in [2.45, 2.75) is 0 Å². The van der Waals surface area contributed by atoms with E-state index < -0.39 is 11.9 Å². The summed E-state index contributed by atoms with van der Waals surface area (Å²) in [5.41, 5.74) is -0.495. The number of hydrogen-bond acceptors (Lipinski definition) is 6. The summed E-state index contributed by atoms with van der Waals surface area (Å²) in [5, 5.41) is -0.0111. The number of rotatable bonds is 2. The standard InChI is InChI=1S/C8H7ClN2O4/c1-14-7(12)5-6(8(13)15-2)11-4(9)3-10-5/h3H,1-2H3. The molecule has 0 aromatic carbocycles. The molecule has 1 aromatic heterocycles. The number of carbonyl (C=O) groups excluding carboxylic acids is 2. The van der Waals surface area contributed by atoms with Crippen LogP contribution in [-0.2, 0) is 9.47 Å². The van der Waals surface area contributed by atoms with Crippen LogP contribution in [0.4, 0.5) is 0 Å². The molecule has 1 heterocycles. The Morgan fingerprint density at radius 3 is 2.27 bits per heavy atom. The van der Waals surface area contributed by atoms with Crippen molar-refractivity contribution in [1.82, 2.24) is 9.97 Å². The van der Waals surface area contributed by atoms with Gasteiger partial charge in [-0.2, -0.15) is 0 Å². The van der Waals surface area contributed by atoms with Crippen molar-refractivity contribution in [2.75, 3.05) is 14.2 Å². The van der Waals surface area contributed by atoms with E-state index in [0.29, 0.717) is 0 Å². The molecule has 0 fully saturated rings. The van der Waals surface area contributed by atoms with E-state index in [1.54, 1.807) is 0 Å². The maximum Gasteiger partial charge on any atom is 0.359 e. The third-order valence-electron chi connectivity index (χ3n) is 1.50. The number of carbonyl (C=O) groups is 2. The van der Waals surface area contributed by atoms with Gasteiger partial charge in [0.2, 0.25) is 0 Å². The summed E-state index contributed by atoms with van der Waals surface area (Å²) in [6, 6.07) is 0. The Balaban J connectivity index is 3.26. The highest BCUT2D eigenvalue weighted by Crippen LogP contribution is 2.10. The van der Waals surface area contributed by atoms with E-state index in [0.717, 1.165) is 13.3 Å². The highest BCUT2D eigenvalue weighted by Gasteiger charge is 2.22. The normalized spacial score (nSPS) is 9.53. The highest BCUT2D eigenvalue weighted by molar-refractivity contribution is 6.29. The Kier molecular flexibility index (Phi) is 3.56. The lowest BCUT2D eigenvalue weighted by molar-refractivity contribution is 0.0544. The van der Waals surface area contributed by atoms with E-state index in [2.05, 4.69) is 19.4 Å². The number of halogens is 1. The second-order valence-corrected chi connectivity index (χ2v) is 2.76. The summed E-state index contributed by atoms with van der Waals surface area (Å²) in [7, 11) is 2.33. The number of ether oxygens (including phenoxy) is 2. The SMILES string of the molecule is COC(=O)c1ncc(Cl)nc1C(=O)OC. The minimum atomic E-state index is -0.801. The minimum Gasteiger partial charge on any atom is -0.464 e. The average Bonchev–Trinajstić information content (AvgIpc) is 2.26. The van der Waals surface area contributed by atoms with Gasteiger partial charge < -0.3 is 9.47 Å². The van der Waals surface area contributed by atoms with Crippen LogP contribution in [0.1, 0.15) is 21.0 Å². The molecular weight excluding hydrogens is 224 g/mol. The number of aromatic nitrogens is 2. The fourth-order valence-corrected chi connectivity index (χ4v) is 0.986. The third-order valence-corrected chi connectivity index (χ3v) is 1.68. The van der Waals surface area contributed by atoms with Gasteiger partial charge in [-0.15, -0.1) is 0 Å². The van der Waals surface area contributed by atoms with Crippen LogP contribution in [0.15, 0.2) is 6.20 Å². The van der Waals surface area contributed by atoms with E-state index >= 15 is 0 Å². The molecule has 1 aromatic rings. The first-order chi connectivity index (χ1) is 7.10. The summed E-state index contributed by atoms with van der Waals surface area (Å²) in [5.74, 6) is -1.58. The fraction of sp³-hybridized carbons (Fsp3) is 0.250. The van der Waals surface area contributed by atoms with Crippen LogP contribution in [0.25, 0.3) is 0 Å². The molecule has 0 saturated carbocycles. The fourth-order valence-electron chi connectivity index (χ4n) is 0.853. The first-order valence-corrected chi connectivity index (χ1v) is 4.17. The first-order valence-electron chi connectivity index (χ1n) is 3.79. The van der Waals surface area contributed by atoms with Crippen molar-refractivity contribution < 1.29 is 19.1 Å². The van der Waals surface area contributed by atoms with E-state index in [4.69, 9.17) is 11.6 Å². The molecule has 15 heavy (non-hydrogen) atoms. The minimum absolute atomic E-state index is 0.0111. The van der Waals surface area contributed by atoms with Crippen LogP contribution in [0, 0.1) is 0 Å². The molecule has 0 unspecified atom stereocenters. The van der Waals surface area contributed by atoms with E-state index in [1.165, 1.54) is 7.11 Å². The van der Waals surface area contributed by atoms with Crippen molar-refractivity contribution in [3.05, 3.63) is 22.7 Å². The third kappa shape index (κ3) is 2.41. The van der Waals surface area contributed by atoms with Gasteiger partial charge in [0.05, 0.1) is 20.4 Å². The Hall–Kier alpha value is -1.69. The molecule has 0 N–H and O–H groups in total. The Bertz CT molecular complexity index is 408. The maximum atomic E-state index is 11.2. The lowest BCUT2D eigenvalue weighted by Gasteiger charge is -2.03. The molecule has 0 aliphatic carbocycles. The molecule has 0 spiro atoms. The summed E-state index contributed by atoms with van der Waals surface area (Å²) in [4.78, 5) is 29.7. The van der Waals surface area contributed by atoms with Gasteiger partial charge in [0.25, 0.3) is 0 Å². The van der Waals surface area contributed by atoms with E-state index in [1.807, 2.05) is 0 Å². The van der Waals surface area contributed by atoms with Crippen LogP contribution in [0.5, 0.6) is 0 Å². The van der Waals surface area contributed by atoms with Crippen molar-refractivity contribution in [3.8, 4) is 0 Å². The number of methoxy groups -OCH3 is 2. The Morgan fingerprint density at radius 2 is 1.73 bits per heavy atom. The zero-order valence-electron chi connectivity index (χ0n) is 7.98. The quantitative estimate of drug-likeness (QED) is 0.696. The largest absolute Gasteiger partial charge is 0.464 e. The van der Waals surface area contributed by atoms with Gasteiger partial charge in [-0.25, -0.2) is 19.6 Å².